The second-order valence-electron chi connectivity index (χ2n) is 5.24. The maximum absolute atomic E-state index is 11.7. The summed E-state index contributed by atoms with van der Waals surface area (Å²) in [6.45, 7) is 1.66. The highest BCUT2D eigenvalue weighted by atomic mass is 32.1. The molecule has 0 saturated carbocycles. The fourth-order valence-corrected chi connectivity index (χ4v) is 2.68. The van der Waals surface area contributed by atoms with Crippen LogP contribution in [0.15, 0.2) is 47.2 Å². The van der Waals surface area contributed by atoms with Crippen LogP contribution < -0.4 is 15.4 Å². The third-order valence-corrected chi connectivity index (χ3v) is 3.99. The van der Waals surface area contributed by atoms with Gasteiger partial charge in [0.25, 0.3) is 5.91 Å². The third-order valence-electron chi connectivity index (χ3n) is 3.30. The minimum absolute atomic E-state index is 0.000469. The lowest BCUT2D eigenvalue weighted by Gasteiger charge is -2.07. The first-order valence-electron chi connectivity index (χ1n) is 8.00. The summed E-state index contributed by atoms with van der Waals surface area (Å²) in [5.74, 6) is 0.749. The molecule has 0 spiro atoms. The summed E-state index contributed by atoms with van der Waals surface area (Å²) in [5.41, 5.74) is 0.669. The van der Waals surface area contributed by atoms with Gasteiger partial charge in [0.05, 0.1) is 6.61 Å². The second-order valence-corrected chi connectivity index (χ2v) is 6.02. The monoisotopic (exact) mass is 346 g/mol. The number of nitrogens with one attached hydrogen (secondary N) is 2. The molecule has 2 rings (SSSR count). The molecule has 128 valence electrons. The Morgan fingerprint density at radius 3 is 2.54 bits per heavy atom. The zero-order valence-corrected chi connectivity index (χ0v) is 14.3. The quantitative estimate of drug-likeness (QED) is 0.650. The van der Waals surface area contributed by atoms with Gasteiger partial charge in [-0.1, -0.05) is 18.2 Å². The predicted molar refractivity (Wildman–Crippen MR) is 95.4 cm³/mol. The van der Waals surface area contributed by atoms with E-state index in [-0.39, 0.29) is 11.8 Å². The third kappa shape index (κ3) is 6.83. The normalized spacial score (nSPS) is 10.2. The van der Waals surface area contributed by atoms with Gasteiger partial charge in [-0.2, -0.15) is 11.3 Å². The largest absolute Gasteiger partial charge is 0.494 e. The lowest BCUT2D eigenvalue weighted by Crippen LogP contribution is -2.28. The average Bonchev–Trinajstić information content (AvgIpc) is 3.14. The van der Waals surface area contributed by atoms with Gasteiger partial charge in [0.15, 0.2) is 0 Å². The van der Waals surface area contributed by atoms with Gasteiger partial charge in [-0.25, -0.2) is 0 Å². The van der Waals surface area contributed by atoms with Crippen molar-refractivity contribution in [2.75, 3.05) is 19.7 Å². The lowest BCUT2D eigenvalue weighted by molar-refractivity contribution is -0.121. The Kier molecular flexibility index (Phi) is 7.83. The van der Waals surface area contributed by atoms with E-state index in [9.17, 15) is 9.59 Å². The van der Waals surface area contributed by atoms with Gasteiger partial charge in [-0.3, -0.25) is 9.59 Å². The van der Waals surface area contributed by atoms with E-state index in [2.05, 4.69) is 10.6 Å². The first kappa shape index (κ1) is 18.0. The van der Waals surface area contributed by atoms with Gasteiger partial charge < -0.3 is 15.4 Å². The Labute approximate surface area is 146 Å². The van der Waals surface area contributed by atoms with E-state index in [4.69, 9.17) is 4.74 Å². The van der Waals surface area contributed by atoms with Gasteiger partial charge in [0.1, 0.15) is 5.75 Å². The number of carbonyl (C=O) groups is 2. The molecule has 1 aromatic carbocycles. The summed E-state index contributed by atoms with van der Waals surface area (Å²) in [7, 11) is 0. The number of rotatable bonds is 10. The predicted octanol–water partition coefficient (Wildman–Crippen LogP) is 2.84. The van der Waals surface area contributed by atoms with E-state index in [1.807, 2.05) is 35.7 Å². The van der Waals surface area contributed by atoms with Crippen molar-refractivity contribution in [3.8, 4) is 5.75 Å². The van der Waals surface area contributed by atoms with Crippen molar-refractivity contribution in [1.29, 1.82) is 0 Å². The molecular formula is C18H22N2O3S. The maximum atomic E-state index is 11.7. The van der Waals surface area contributed by atoms with E-state index >= 15 is 0 Å². The molecule has 1 heterocycles. The second kappa shape index (κ2) is 10.4. The molecule has 0 aliphatic heterocycles. The molecule has 0 aliphatic rings. The van der Waals surface area contributed by atoms with Gasteiger partial charge in [0, 0.05) is 30.5 Å². The average molecular weight is 346 g/mol. The standard InChI is InChI=1S/C18H22N2O3S/c21-17(8-4-10-20-18(22)15-9-13-24-14-15)19-11-5-12-23-16-6-2-1-3-7-16/h1-3,6-7,9,13-14H,4-5,8,10-12H2,(H,19,21)(H,20,22). The number of ether oxygens (including phenoxy) is 1. The summed E-state index contributed by atoms with van der Waals surface area (Å²) >= 11 is 1.49. The number of hydrogen-bond acceptors (Lipinski definition) is 4. The highest BCUT2D eigenvalue weighted by Gasteiger charge is 2.05. The van der Waals surface area contributed by atoms with Crippen molar-refractivity contribution in [2.45, 2.75) is 19.3 Å². The summed E-state index contributed by atoms with van der Waals surface area (Å²) in [6.07, 6.45) is 1.79. The number of hydrogen-bond donors (Lipinski definition) is 2. The fraction of sp³-hybridized carbons (Fsp3) is 0.333. The lowest BCUT2D eigenvalue weighted by atomic mass is 10.2. The van der Waals surface area contributed by atoms with Crippen LogP contribution >= 0.6 is 11.3 Å². The number of amides is 2. The minimum Gasteiger partial charge on any atom is -0.494 e. The number of carbonyl (C=O) groups excluding carboxylic acids is 2. The Morgan fingerprint density at radius 2 is 1.79 bits per heavy atom. The molecule has 24 heavy (non-hydrogen) atoms. The first-order valence-corrected chi connectivity index (χ1v) is 8.95. The number of thiophene rings is 1. The van der Waals surface area contributed by atoms with Crippen LogP contribution in [0, 0.1) is 0 Å². The van der Waals surface area contributed by atoms with E-state index < -0.39 is 0 Å². The molecule has 0 atom stereocenters. The molecule has 2 aromatic rings. The Morgan fingerprint density at radius 1 is 1.00 bits per heavy atom. The van der Waals surface area contributed by atoms with Crippen LogP contribution in [0.2, 0.25) is 0 Å². The summed E-state index contributed by atoms with van der Waals surface area (Å²) in [4.78, 5) is 23.4. The highest BCUT2D eigenvalue weighted by Crippen LogP contribution is 2.08. The highest BCUT2D eigenvalue weighted by molar-refractivity contribution is 7.08. The van der Waals surface area contributed by atoms with Gasteiger partial charge in [0.2, 0.25) is 5.91 Å². The maximum Gasteiger partial charge on any atom is 0.252 e. The van der Waals surface area contributed by atoms with E-state index in [1.54, 1.807) is 11.4 Å². The van der Waals surface area contributed by atoms with Gasteiger partial charge in [-0.05, 0) is 36.4 Å². The van der Waals surface area contributed by atoms with Crippen molar-refractivity contribution in [1.82, 2.24) is 10.6 Å². The molecule has 5 nitrogen and oxygen atoms in total. The molecule has 1 aromatic heterocycles. The molecular weight excluding hydrogens is 324 g/mol. The van der Waals surface area contributed by atoms with Crippen LogP contribution in [0.3, 0.4) is 0 Å². The van der Waals surface area contributed by atoms with Crippen LogP contribution in [0.5, 0.6) is 5.75 Å². The molecule has 2 amide bonds. The first-order chi connectivity index (χ1) is 11.8. The van der Waals surface area contributed by atoms with E-state index in [1.165, 1.54) is 11.3 Å². The molecule has 0 unspecified atom stereocenters. The zero-order chi connectivity index (χ0) is 17.0. The summed E-state index contributed by atoms with van der Waals surface area (Å²) < 4.78 is 5.55. The Balaban J connectivity index is 1.46. The fourth-order valence-electron chi connectivity index (χ4n) is 2.04. The summed E-state index contributed by atoms with van der Waals surface area (Å²) in [5, 5.41) is 9.33. The van der Waals surface area contributed by atoms with Crippen molar-refractivity contribution in [3.05, 3.63) is 52.7 Å². The van der Waals surface area contributed by atoms with Crippen molar-refractivity contribution in [2.24, 2.45) is 0 Å². The van der Waals surface area contributed by atoms with Crippen molar-refractivity contribution >= 4 is 23.2 Å². The van der Waals surface area contributed by atoms with Crippen LogP contribution in [0.1, 0.15) is 29.6 Å². The van der Waals surface area contributed by atoms with E-state index in [0.717, 1.165) is 12.2 Å². The number of benzene rings is 1. The van der Waals surface area contributed by atoms with Crippen molar-refractivity contribution < 1.29 is 14.3 Å². The molecule has 0 saturated heterocycles. The molecule has 0 fully saturated rings. The van der Waals surface area contributed by atoms with Crippen LogP contribution in [-0.4, -0.2) is 31.5 Å². The smallest absolute Gasteiger partial charge is 0.252 e. The molecule has 0 radical (unpaired) electrons. The number of para-hydroxylation sites is 1. The molecule has 0 aliphatic carbocycles. The molecule has 0 bridgehead atoms. The topological polar surface area (TPSA) is 67.4 Å². The molecule has 2 N–H and O–H groups in total. The van der Waals surface area contributed by atoms with Crippen LogP contribution in [0.4, 0.5) is 0 Å². The molecule has 6 heteroatoms. The van der Waals surface area contributed by atoms with Crippen molar-refractivity contribution in [3.63, 3.8) is 0 Å². The Bertz CT molecular complexity index is 614. The van der Waals surface area contributed by atoms with Crippen LogP contribution in [0.25, 0.3) is 0 Å². The summed E-state index contributed by atoms with van der Waals surface area (Å²) in [6, 6.07) is 11.4. The van der Waals surface area contributed by atoms with Gasteiger partial charge >= 0.3 is 0 Å². The van der Waals surface area contributed by atoms with Gasteiger partial charge in [-0.15, -0.1) is 0 Å². The SMILES string of the molecule is O=C(CCCNC(=O)c1ccsc1)NCCCOc1ccccc1. The van der Waals surface area contributed by atoms with Crippen LogP contribution in [-0.2, 0) is 4.79 Å². The van der Waals surface area contributed by atoms with E-state index in [0.29, 0.717) is 38.1 Å². The Hall–Kier alpha value is -2.34. The zero-order valence-electron chi connectivity index (χ0n) is 13.5. The minimum atomic E-state index is -0.0882.